The minimum Gasteiger partial charge on any atom is -0.382 e. The predicted octanol–water partition coefficient (Wildman–Crippen LogP) is 4.81. The molecule has 0 aliphatic carbocycles. The quantitative estimate of drug-likeness (QED) is 0.801. The van der Waals surface area contributed by atoms with Crippen LogP contribution in [-0.4, -0.2) is 30.6 Å². The molecule has 1 atom stereocenters. The number of likely N-dealkylation sites (tertiary alicyclic amines) is 1. The van der Waals surface area contributed by atoms with Crippen LogP contribution in [0.15, 0.2) is 12.1 Å². The van der Waals surface area contributed by atoms with E-state index in [0.29, 0.717) is 6.04 Å². The van der Waals surface area contributed by atoms with Crippen LogP contribution in [0.4, 0.5) is 10.1 Å². The van der Waals surface area contributed by atoms with Crippen molar-refractivity contribution in [3.63, 3.8) is 0 Å². The molecule has 0 bridgehead atoms. The van der Waals surface area contributed by atoms with Gasteiger partial charge in [0.25, 0.3) is 0 Å². The van der Waals surface area contributed by atoms with E-state index in [4.69, 9.17) is 23.2 Å². The van der Waals surface area contributed by atoms with E-state index >= 15 is 0 Å². The summed E-state index contributed by atoms with van der Waals surface area (Å²) in [4.78, 5) is 2.51. The van der Waals surface area contributed by atoms with Crippen molar-refractivity contribution in [2.75, 3.05) is 25.0 Å². The maximum Gasteiger partial charge on any atom is 0.160 e. The van der Waals surface area contributed by atoms with Gasteiger partial charge in [-0.3, -0.25) is 0 Å². The SMILES string of the molecule is CCCN1CCCC(Nc2cc(Cl)c(F)c(Cl)c2)CC1. The summed E-state index contributed by atoms with van der Waals surface area (Å²) < 4.78 is 13.4. The van der Waals surface area contributed by atoms with E-state index in [9.17, 15) is 4.39 Å². The van der Waals surface area contributed by atoms with Gasteiger partial charge in [0.1, 0.15) is 0 Å². The van der Waals surface area contributed by atoms with Crippen LogP contribution in [0.25, 0.3) is 0 Å². The van der Waals surface area contributed by atoms with Crippen LogP contribution < -0.4 is 5.32 Å². The topological polar surface area (TPSA) is 15.3 Å². The molecule has 0 amide bonds. The first-order valence-electron chi connectivity index (χ1n) is 7.23. The third-order valence-corrected chi connectivity index (χ3v) is 4.27. The summed E-state index contributed by atoms with van der Waals surface area (Å²) in [6, 6.07) is 3.61. The molecule has 5 heteroatoms. The lowest BCUT2D eigenvalue weighted by Gasteiger charge is -2.20. The number of hydrogen-bond acceptors (Lipinski definition) is 2. The Hall–Kier alpha value is -0.510. The zero-order valence-corrected chi connectivity index (χ0v) is 13.3. The summed E-state index contributed by atoms with van der Waals surface area (Å²) in [7, 11) is 0. The normalized spacial score (nSPS) is 20.7. The summed E-state index contributed by atoms with van der Waals surface area (Å²) >= 11 is 11.7. The number of anilines is 1. The van der Waals surface area contributed by atoms with E-state index in [2.05, 4.69) is 17.1 Å². The monoisotopic (exact) mass is 318 g/mol. The lowest BCUT2D eigenvalue weighted by molar-refractivity contribution is 0.285. The molecule has 0 saturated carbocycles. The van der Waals surface area contributed by atoms with E-state index in [1.165, 1.54) is 19.4 Å². The number of benzene rings is 1. The van der Waals surface area contributed by atoms with Gasteiger partial charge in [0.2, 0.25) is 0 Å². The first-order chi connectivity index (χ1) is 9.60. The van der Waals surface area contributed by atoms with Gasteiger partial charge in [0.15, 0.2) is 5.82 Å². The Morgan fingerprint density at radius 1 is 1.25 bits per heavy atom. The first kappa shape index (κ1) is 15.9. The highest BCUT2D eigenvalue weighted by atomic mass is 35.5. The lowest BCUT2D eigenvalue weighted by Crippen LogP contribution is -2.27. The summed E-state index contributed by atoms with van der Waals surface area (Å²) in [5.74, 6) is -0.547. The molecule has 1 aromatic rings. The van der Waals surface area contributed by atoms with Gasteiger partial charge in [-0.2, -0.15) is 0 Å². The molecule has 2 nitrogen and oxygen atoms in total. The minimum absolute atomic E-state index is 0.0706. The van der Waals surface area contributed by atoms with E-state index in [-0.39, 0.29) is 10.0 Å². The summed E-state index contributed by atoms with van der Waals surface area (Å²) in [6.07, 6.45) is 4.58. The Morgan fingerprint density at radius 3 is 2.60 bits per heavy atom. The third kappa shape index (κ3) is 4.24. The van der Waals surface area contributed by atoms with Crippen LogP contribution >= 0.6 is 23.2 Å². The molecule has 1 fully saturated rings. The maximum absolute atomic E-state index is 13.4. The summed E-state index contributed by atoms with van der Waals surface area (Å²) in [6.45, 7) is 5.65. The second kappa shape index (κ2) is 7.48. The van der Waals surface area contributed by atoms with Crippen molar-refractivity contribution in [2.45, 2.75) is 38.6 Å². The van der Waals surface area contributed by atoms with Crippen LogP contribution in [0.2, 0.25) is 10.0 Å². The largest absolute Gasteiger partial charge is 0.382 e. The van der Waals surface area contributed by atoms with Crippen LogP contribution in [0.3, 0.4) is 0 Å². The maximum atomic E-state index is 13.4. The molecule has 1 unspecified atom stereocenters. The molecule has 0 aromatic heterocycles. The molecule has 1 saturated heterocycles. The van der Waals surface area contributed by atoms with Crippen molar-refractivity contribution >= 4 is 28.9 Å². The van der Waals surface area contributed by atoms with Crippen LogP contribution in [0, 0.1) is 5.82 Å². The molecule has 112 valence electrons. The second-order valence-corrected chi connectivity index (χ2v) is 6.18. The second-order valence-electron chi connectivity index (χ2n) is 5.37. The number of nitrogens with zero attached hydrogens (tertiary/aromatic N) is 1. The zero-order valence-electron chi connectivity index (χ0n) is 11.8. The fourth-order valence-corrected chi connectivity index (χ4v) is 3.20. The van der Waals surface area contributed by atoms with Gasteiger partial charge < -0.3 is 10.2 Å². The van der Waals surface area contributed by atoms with Crippen molar-refractivity contribution in [1.29, 1.82) is 0 Å². The summed E-state index contributed by atoms with van der Waals surface area (Å²) in [5.41, 5.74) is 0.801. The number of halogens is 3. The van der Waals surface area contributed by atoms with E-state index in [0.717, 1.165) is 31.6 Å². The molecular weight excluding hydrogens is 298 g/mol. The Balaban J connectivity index is 1.96. The Bertz CT molecular complexity index is 430. The van der Waals surface area contributed by atoms with Crippen molar-refractivity contribution < 1.29 is 4.39 Å². The molecular formula is C15H21Cl2FN2. The van der Waals surface area contributed by atoms with Gasteiger partial charge in [0.05, 0.1) is 10.0 Å². The van der Waals surface area contributed by atoms with Gasteiger partial charge in [-0.15, -0.1) is 0 Å². The minimum atomic E-state index is -0.547. The van der Waals surface area contributed by atoms with Gasteiger partial charge in [-0.05, 0) is 50.9 Å². The van der Waals surface area contributed by atoms with Crippen LogP contribution in [0.1, 0.15) is 32.6 Å². The van der Waals surface area contributed by atoms with Crippen molar-refractivity contribution in [3.8, 4) is 0 Å². The average Bonchev–Trinajstić information content (AvgIpc) is 2.62. The standard InChI is InChI=1S/C15H21Cl2FN2/c1-2-6-20-7-3-4-11(5-8-20)19-12-9-13(16)15(18)14(17)10-12/h9-11,19H,2-8H2,1H3. The number of rotatable bonds is 4. The van der Waals surface area contributed by atoms with Crippen molar-refractivity contribution in [1.82, 2.24) is 4.90 Å². The number of hydrogen-bond donors (Lipinski definition) is 1. The molecule has 1 aliphatic heterocycles. The smallest absolute Gasteiger partial charge is 0.160 e. The fraction of sp³-hybridized carbons (Fsp3) is 0.600. The highest BCUT2D eigenvalue weighted by molar-refractivity contribution is 6.35. The fourth-order valence-electron chi connectivity index (χ4n) is 2.71. The highest BCUT2D eigenvalue weighted by Crippen LogP contribution is 2.28. The van der Waals surface area contributed by atoms with E-state index < -0.39 is 5.82 Å². The van der Waals surface area contributed by atoms with Gasteiger partial charge >= 0.3 is 0 Å². The Morgan fingerprint density at radius 2 is 1.95 bits per heavy atom. The average molecular weight is 319 g/mol. The molecule has 1 N–H and O–H groups in total. The summed E-state index contributed by atoms with van der Waals surface area (Å²) in [5, 5.41) is 3.57. The van der Waals surface area contributed by atoms with Gasteiger partial charge in [-0.1, -0.05) is 30.1 Å². The molecule has 1 aliphatic rings. The highest BCUT2D eigenvalue weighted by Gasteiger charge is 2.17. The molecule has 0 radical (unpaired) electrons. The van der Waals surface area contributed by atoms with Crippen LogP contribution in [-0.2, 0) is 0 Å². The van der Waals surface area contributed by atoms with Crippen LogP contribution in [0.5, 0.6) is 0 Å². The van der Waals surface area contributed by atoms with Gasteiger partial charge in [0, 0.05) is 18.3 Å². The van der Waals surface area contributed by atoms with Crippen molar-refractivity contribution in [3.05, 3.63) is 28.0 Å². The Kier molecular flexibility index (Phi) is 5.94. The van der Waals surface area contributed by atoms with Gasteiger partial charge in [-0.25, -0.2) is 4.39 Å². The molecule has 20 heavy (non-hydrogen) atoms. The lowest BCUT2D eigenvalue weighted by atomic mass is 10.1. The van der Waals surface area contributed by atoms with Crippen molar-refractivity contribution in [2.24, 2.45) is 0 Å². The van der Waals surface area contributed by atoms with E-state index in [1.54, 1.807) is 12.1 Å². The zero-order chi connectivity index (χ0) is 14.5. The molecule has 2 rings (SSSR count). The third-order valence-electron chi connectivity index (χ3n) is 3.72. The molecule has 1 aromatic carbocycles. The molecule has 0 spiro atoms. The Labute approximate surface area is 130 Å². The molecule has 1 heterocycles. The van der Waals surface area contributed by atoms with E-state index in [1.807, 2.05) is 0 Å². The number of nitrogens with one attached hydrogen (secondary N) is 1. The first-order valence-corrected chi connectivity index (χ1v) is 7.99. The predicted molar refractivity (Wildman–Crippen MR) is 84.4 cm³/mol.